The van der Waals surface area contributed by atoms with Crippen LogP contribution in [-0.4, -0.2) is 23.6 Å². The standard InChI is InChI=1S/C13H17ClN2O2S/c1-13(2,18-3)7-11(17)16-10-5-4-8(12(15)19)6-9(10)14/h4-6H,7H2,1-3H3,(H2,15,19)(H,16,17). The number of anilines is 1. The van der Waals surface area contributed by atoms with Crippen molar-refractivity contribution in [1.29, 1.82) is 0 Å². The lowest BCUT2D eigenvalue weighted by Crippen LogP contribution is -2.29. The molecule has 0 fully saturated rings. The third kappa shape index (κ3) is 4.78. The van der Waals surface area contributed by atoms with Crippen molar-refractivity contribution in [2.45, 2.75) is 25.9 Å². The summed E-state index contributed by atoms with van der Waals surface area (Å²) in [6.07, 6.45) is 0.233. The van der Waals surface area contributed by atoms with Crippen molar-refractivity contribution in [3.05, 3.63) is 28.8 Å². The maximum absolute atomic E-state index is 11.9. The zero-order valence-corrected chi connectivity index (χ0v) is 12.7. The van der Waals surface area contributed by atoms with Crippen LogP contribution >= 0.6 is 23.8 Å². The van der Waals surface area contributed by atoms with Gasteiger partial charge >= 0.3 is 0 Å². The van der Waals surface area contributed by atoms with E-state index in [2.05, 4.69) is 5.32 Å². The molecular formula is C13H17ClN2O2S. The Kier molecular flexibility index (Phi) is 5.29. The number of nitrogens with two attached hydrogens (primary N) is 1. The smallest absolute Gasteiger partial charge is 0.227 e. The maximum atomic E-state index is 11.9. The van der Waals surface area contributed by atoms with Crippen molar-refractivity contribution in [2.24, 2.45) is 5.73 Å². The van der Waals surface area contributed by atoms with Crippen LogP contribution in [0.3, 0.4) is 0 Å². The number of carbonyl (C=O) groups excluding carboxylic acids is 1. The highest BCUT2D eigenvalue weighted by atomic mass is 35.5. The van der Waals surface area contributed by atoms with Crippen molar-refractivity contribution in [3.8, 4) is 0 Å². The first kappa shape index (κ1) is 15.9. The van der Waals surface area contributed by atoms with E-state index < -0.39 is 5.60 Å². The summed E-state index contributed by atoms with van der Waals surface area (Å²) in [5.74, 6) is -0.170. The van der Waals surface area contributed by atoms with Gasteiger partial charge in [-0.3, -0.25) is 4.79 Å². The Hall–Kier alpha value is -1.17. The first-order chi connectivity index (χ1) is 8.75. The Morgan fingerprint density at radius 2 is 2.16 bits per heavy atom. The minimum atomic E-state index is -0.519. The Labute approximate surface area is 123 Å². The molecule has 0 unspecified atom stereocenters. The highest BCUT2D eigenvalue weighted by Crippen LogP contribution is 2.24. The van der Waals surface area contributed by atoms with E-state index in [0.29, 0.717) is 16.3 Å². The Balaban J connectivity index is 2.78. The van der Waals surface area contributed by atoms with Crippen LogP contribution in [0.1, 0.15) is 25.8 Å². The van der Waals surface area contributed by atoms with Gasteiger partial charge in [0.1, 0.15) is 4.99 Å². The number of nitrogens with one attached hydrogen (secondary N) is 1. The predicted octanol–water partition coefficient (Wildman–Crippen LogP) is 2.73. The molecule has 6 heteroatoms. The molecule has 0 atom stereocenters. The number of hydrogen-bond acceptors (Lipinski definition) is 3. The Morgan fingerprint density at radius 3 is 2.63 bits per heavy atom. The quantitative estimate of drug-likeness (QED) is 0.821. The SMILES string of the molecule is COC(C)(C)CC(=O)Nc1ccc(C(N)=S)cc1Cl. The molecule has 1 amide bonds. The van der Waals surface area contributed by atoms with Crippen LogP contribution in [0.25, 0.3) is 0 Å². The molecule has 0 saturated heterocycles. The molecule has 0 saturated carbocycles. The second-order valence-corrected chi connectivity index (χ2v) is 5.59. The molecule has 104 valence electrons. The Bertz CT molecular complexity index is 503. The highest BCUT2D eigenvalue weighted by molar-refractivity contribution is 7.80. The summed E-state index contributed by atoms with van der Waals surface area (Å²) >= 11 is 10.9. The van der Waals surface area contributed by atoms with Gasteiger partial charge in [-0.25, -0.2) is 0 Å². The van der Waals surface area contributed by atoms with E-state index in [9.17, 15) is 4.79 Å². The average molecular weight is 301 g/mol. The number of rotatable bonds is 5. The molecule has 3 N–H and O–H groups in total. The number of benzene rings is 1. The largest absolute Gasteiger partial charge is 0.389 e. The summed E-state index contributed by atoms with van der Waals surface area (Å²) in [7, 11) is 1.57. The topological polar surface area (TPSA) is 64.3 Å². The maximum Gasteiger partial charge on any atom is 0.227 e. The van der Waals surface area contributed by atoms with Gasteiger partial charge in [-0.2, -0.15) is 0 Å². The van der Waals surface area contributed by atoms with Gasteiger partial charge in [0, 0.05) is 12.7 Å². The zero-order chi connectivity index (χ0) is 14.6. The number of hydrogen-bond donors (Lipinski definition) is 2. The summed E-state index contributed by atoms with van der Waals surface area (Å²) in [5, 5.41) is 3.13. The summed E-state index contributed by atoms with van der Waals surface area (Å²) in [4.78, 5) is 12.1. The van der Waals surface area contributed by atoms with Crippen molar-refractivity contribution in [3.63, 3.8) is 0 Å². The number of carbonyl (C=O) groups is 1. The van der Waals surface area contributed by atoms with E-state index in [1.807, 2.05) is 13.8 Å². The highest BCUT2D eigenvalue weighted by Gasteiger charge is 2.21. The number of methoxy groups -OCH3 is 1. The fraction of sp³-hybridized carbons (Fsp3) is 0.385. The van der Waals surface area contributed by atoms with Crippen LogP contribution in [0.15, 0.2) is 18.2 Å². The average Bonchev–Trinajstić information content (AvgIpc) is 2.30. The number of halogens is 1. The molecule has 0 aliphatic carbocycles. The third-order valence-corrected chi connectivity index (χ3v) is 3.21. The van der Waals surface area contributed by atoms with Crippen LogP contribution in [-0.2, 0) is 9.53 Å². The molecule has 0 radical (unpaired) electrons. The second kappa shape index (κ2) is 6.32. The first-order valence-corrected chi connectivity index (χ1v) is 6.48. The molecule has 19 heavy (non-hydrogen) atoms. The lowest BCUT2D eigenvalue weighted by atomic mass is 10.0. The Morgan fingerprint density at radius 1 is 1.53 bits per heavy atom. The van der Waals surface area contributed by atoms with Crippen molar-refractivity contribution in [1.82, 2.24) is 0 Å². The third-order valence-electron chi connectivity index (χ3n) is 2.67. The summed E-state index contributed by atoms with van der Waals surface area (Å²) in [6.45, 7) is 3.67. The van der Waals surface area contributed by atoms with Gasteiger partial charge in [-0.05, 0) is 32.0 Å². The number of amides is 1. The molecule has 4 nitrogen and oxygen atoms in total. The van der Waals surface area contributed by atoms with Gasteiger partial charge in [0.2, 0.25) is 5.91 Å². The molecule has 0 spiro atoms. The van der Waals surface area contributed by atoms with Crippen molar-refractivity contribution < 1.29 is 9.53 Å². The number of thiocarbonyl (C=S) groups is 1. The second-order valence-electron chi connectivity index (χ2n) is 4.75. The van der Waals surface area contributed by atoms with Gasteiger partial charge in [-0.1, -0.05) is 23.8 Å². The lowest BCUT2D eigenvalue weighted by Gasteiger charge is -2.22. The molecule has 0 aliphatic heterocycles. The first-order valence-electron chi connectivity index (χ1n) is 5.69. The van der Waals surface area contributed by atoms with E-state index in [1.54, 1.807) is 25.3 Å². The van der Waals surface area contributed by atoms with Gasteiger partial charge in [0.05, 0.1) is 22.7 Å². The molecule has 0 bridgehead atoms. The van der Waals surface area contributed by atoms with E-state index in [4.69, 9.17) is 34.3 Å². The lowest BCUT2D eigenvalue weighted by molar-refractivity contribution is -0.121. The van der Waals surface area contributed by atoms with Crippen molar-refractivity contribution >= 4 is 40.4 Å². The summed E-state index contributed by atoms with van der Waals surface area (Å²) in [5.41, 5.74) is 6.17. The van der Waals surface area contributed by atoms with E-state index in [0.717, 1.165) is 0 Å². The van der Waals surface area contributed by atoms with Gasteiger partial charge < -0.3 is 15.8 Å². The van der Waals surface area contributed by atoms with Gasteiger partial charge in [0.25, 0.3) is 0 Å². The van der Waals surface area contributed by atoms with Crippen LogP contribution in [0.5, 0.6) is 0 Å². The van der Waals surface area contributed by atoms with E-state index in [1.165, 1.54) is 0 Å². The zero-order valence-electron chi connectivity index (χ0n) is 11.1. The van der Waals surface area contributed by atoms with Crippen LogP contribution in [0.2, 0.25) is 5.02 Å². The monoisotopic (exact) mass is 300 g/mol. The predicted molar refractivity (Wildman–Crippen MR) is 81.7 cm³/mol. The summed E-state index contributed by atoms with van der Waals surface area (Å²) < 4.78 is 5.20. The van der Waals surface area contributed by atoms with Crippen LogP contribution in [0.4, 0.5) is 5.69 Å². The van der Waals surface area contributed by atoms with Crippen molar-refractivity contribution in [2.75, 3.05) is 12.4 Å². The molecular weight excluding hydrogens is 284 g/mol. The molecule has 1 aromatic rings. The normalized spacial score (nSPS) is 11.2. The van der Waals surface area contributed by atoms with E-state index >= 15 is 0 Å². The summed E-state index contributed by atoms with van der Waals surface area (Å²) in [6, 6.07) is 5.01. The molecule has 1 rings (SSSR count). The molecule has 0 aromatic heterocycles. The minimum Gasteiger partial charge on any atom is -0.389 e. The van der Waals surface area contributed by atoms with Gasteiger partial charge in [-0.15, -0.1) is 0 Å². The fourth-order valence-electron chi connectivity index (χ4n) is 1.42. The number of ether oxygens (including phenoxy) is 1. The van der Waals surface area contributed by atoms with E-state index in [-0.39, 0.29) is 17.3 Å². The van der Waals surface area contributed by atoms with Gasteiger partial charge in [0.15, 0.2) is 0 Å². The van der Waals surface area contributed by atoms with Crippen LogP contribution < -0.4 is 11.1 Å². The molecule has 0 aliphatic rings. The molecule has 0 heterocycles. The fourth-order valence-corrected chi connectivity index (χ4v) is 1.78. The minimum absolute atomic E-state index is 0.170. The molecule has 1 aromatic carbocycles. The van der Waals surface area contributed by atoms with Crippen LogP contribution in [0, 0.1) is 0 Å².